The highest BCUT2D eigenvalue weighted by atomic mass is 35.5. The van der Waals surface area contributed by atoms with Gasteiger partial charge < -0.3 is 16.0 Å². The number of aromatic nitrogens is 1. The Labute approximate surface area is 158 Å². The first-order valence-electron chi connectivity index (χ1n) is 8.45. The Hall–Kier alpha value is -1.63. The first-order chi connectivity index (χ1) is 11.6. The highest BCUT2D eigenvalue weighted by Gasteiger charge is 2.57. The van der Waals surface area contributed by atoms with Crippen molar-refractivity contribution >= 4 is 46.2 Å². The number of anilines is 3. The predicted octanol–water partition coefficient (Wildman–Crippen LogP) is 3.95. The molecule has 2 aromatic rings. The van der Waals surface area contributed by atoms with E-state index in [1.54, 1.807) is 11.3 Å². The molecular weight excluding hydrogens is 356 g/mol. The van der Waals surface area contributed by atoms with Gasteiger partial charge in [0.2, 0.25) is 5.91 Å². The molecule has 0 radical (unpaired) electrons. The number of rotatable bonds is 4. The molecule has 1 amide bonds. The van der Waals surface area contributed by atoms with E-state index in [4.69, 9.17) is 0 Å². The lowest BCUT2D eigenvalue weighted by Gasteiger charge is -2.23. The molecule has 3 N–H and O–H groups in total. The molecule has 1 unspecified atom stereocenters. The third-order valence-electron chi connectivity index (χ3n) is 5.13. The number of aryl methyl sites for hydroxylation is 1. The molecule has 1 atom stereocenters. The van der Waals surface area contributed by atoms with Gasteiger partial charge in [-0.05, 0) is 69.0 Å². The van der Waals surface area contributed by atoms with Crippen molar-refractivity contribution in [2.75, 3.05) is 23.7 Å². The Balaban J connectivity index is 0.00000182. The van der Waals surface area contributed by atoms with E-state index >= 15 is 0 Å². The SMILES string of the molecule is Cc1csc(Nc2ccc(NC(=O)C3CC34CCNCC4)cc2)n1.Cl. The maximum Gasteiger partial charge on any atom is 0.228 e. The van der Waals surface area contributed by atoms with Gasteiger partial charge in [-0.1, -0.05) is 0 Å². The standard InChI is InChI=1S/C18H22N4OS.ClH/c1-12-11-24-17(20-12)22-14-4-2-13(3-5-14)21-16(23)15-10-18(15)6-8-19-9-7-18;/h2-5,11,15,19H,6-10H2,1H3,(H,20,22)(H,21,23);1H. The van der Waals surface area contributed by atoms with Crippen molar-refractivity contribution in [3.8, 4) is 0 Å². The molecule has 7 heteroatoms. The number of carbonyl (C=O) groups is 1. The van der Waals surface area contributed by atoms with E-state index in [0.717, 1.165) is 54.6 Å². The predicted molar refractivity (Wildman–Crippen MR) is 105 cm³/mol. The second-order valence-corrected chi connectivity index (χ2v) is 7.71. The quantitative estimate of drug-likeness (QED) is 0.753. The van der Waals surface area contributed by atoms with Crippen molar-refractivity contribution in [1.82, 2.24) is 10.3 Å². The number of hydrogen-bond acceptors (Lipinski definition) is 5. The van der Waals surface area contributed by atoms with Crippen LogP contribution in [0.3, 0.4) is 0 Å². The number of thiazole rings is 1. The molecule has 2 aliphatic rings. The zero-order chi connectivity index (χ0) is 16.6. The lowest BCUT2D eigenvalue weighted by molar-refractivity contribution is -0.118. The van der Waals surface area contributed by atoms with Crippen LogP contribution in [0.25, 0.3) is 0 Å². The molecule has 1 saturated carbocycles. The first kappa shape index (κ1) is 18.2. The van der Waals surface area contributed by atoms with Gasteiger partial charge in [0.25, 0.3) is 0 Å². The van der Waals surface area contributed by atoms with Crippen molar-refractivity contribution in [3.63, 3.8) is 0 Å². The molecule has 1 saturated heterocycles. The number of benzene rings is 1. The number of nitrogens with one attached hydrogen (secondary N) is 3. The van der Waals surface area contributed by atoms with Crippen molar-refractivity contribution < 1.29 is 4.79 Å². The fraction of sp³-hybridized carbons (Fsp3) is 0.444. The summed E-state index contributed by atoms with van der Waals surface area (Å²) in [6.07, 6.45) is 3.30. The van der Waals surface area contributed by atoms with E-state index in [0.29, 0.717) is 0 Å². The van der Waals surface area contributed by atoms with Gasteiger partial charge in [0, 0.05) is 22.7 Å². The molecule has 0 bridgehead atoms. The van der Waals surface area contributed by atoms with Crippen LogP contribution in [0.4, 0.5) is 16.5 Å². The van der Waals surface area contributed by atoms with Gasteiger partial charge in [-0.3, -0.25) is 4.79 Å². The fourth-order valence-corrected chi connectivity index (χ4v) is 4.31. The van der Waals surface area contributed by atoms with Gasteiger partial charge in [0.15, 0.2) is 5.13 Å². The number of halogens is 1. The Morgan fingerprint density at radius 3 is 2.56 bits per heavy atom. The fourth-order valence-electron chi connectivity index (χ4n) is 3.60. The molecule has 1 aromatic heterocycles. The molecule has 134 valence electrons. The van der Waals surface area contributed by atoms with Gasteiger partial charge in [-0.25, -0.2) is 4.98 Å². The van der Waals surface area contributed by atoms with Crippen LogP contribution in [0.2, 0.25) is 0 Å². The summed E-state index contributed by atoms with van der Waals surface area (Å²) >= 11 is 1.59. The molecule has 1 spiro atoms. The third kappa shape index (κ3) is 3.97. The van der Waals surface area contributed by atoms with Crippen LogP contribution in [0.15, 0.2) is 29.6 Å². The molecule has 25 heavy (non-hydrogen) atoms. The molecule has 2 fully saturated rings. The number of piperidine rings is 1. The van der Waals surface area contributed by atoms with Crippen LogP contribution >= 0.6 is 23.7 Å². The lowest BCUT2D eigenvalue weighted by atomic mass is 9.92. The Kier molecular flexibility index (Phi) is 5.32. The smallest absolute Gasteiger partial charge is 0.228 e. The number of hydrogen-bond donors (Lipinski definition) is 3. The molecule has 2 heterocycles. The normalized spacial score (nSPS) is 20.6. The molecular formula is C18H23ClN4OS. The van der Waals surface area contributed by atoms with E-state index in [2.05, 4.69) is 20.9 Å². The Morgan fingerprint density at radius 2 is 1.92 bits per heavy atom. The average Bonchev–Trinajstić information content (AvgIpc) is 3.12. The van der Waals surface area contributed by atoms with Crippen LogP contribution < -0.4 is 16.0 Å². The van der Waals surface area contributed by atoms with Gasteiger partial charge in [0.05, 0.1) is 5.69 Å². The molecule has 4 rings (SSSR count). The van der Waals surface area contributed by atoms with Crippen LogP contribution in [0.5, 0.6) is 0 Å². The van der Waals surface area contributed by atoms with Crippen molar-refractivity contribution in [2.24, 2.45) is 11.3 Å². The summed E-state index contributed by atoms with van der Waals surface area (Å²) in [7, 11) is 0. The van der Waals surface area contributed by atoms with Gasteiger partial charge in [-0.2, -0.15) is 0 Å². The molecule has 1 aliphatic heterocycles. The largest absolute Gasteiger partial charge is 0.332 e. The summed E-state index contributed by atoms with van der Waals surface area (Å²) in [6, 6.07) is 7.83. The van der Waals surface area contributed by atoms with E-state index in [1.165, 1.54) is 0 Å². The number of amides is 1. The van der Waals surface area contributed by atoms with Gasteiger partial charge >= 0.3 is 0 Å². The third-order valence-corrected chi connectivity index (χ3v) is 6.00. The van der Waals surface area contributed by atoms with Crippen LogP contribution in [0.1, 0.15) is 25.0 Å². The summed E-state index contributed by atoms with van der Waals surface area (Å²) < 4.78 is 0. The van der Waals surface area contributed by atoms with Crippen molar-refractivity contribution in [2.45, 2.75) is 26.2 Å². The maximum atomic E-state index is 12.5. The minimum absolute atomic E-state index is 0. The zero-order valence-electron chi connectivity index (χ0n) is 14.2. The number of nitrogens with zero attached hydrogens (tertiary/aromatic N) is 1. The summed E-state index contributed by atoms with van der Waals surface area (Å²) in [5.74, 6) is 0.365. The first-order valence-corrected chi connectivity index (χ1v) is 9.33. The number of carbonyl (C=O) groups excluding carboxylic acids is 1. The summed E-state index contributed by atoms with van der Waals surface area (Å²) in [5.41, 5.74) is 3.13. The van der Waals surface area contributed by atoms with E-state index in [-0.39, 0.29) is 29.6 Å². The minimum atomic E-state index is 0. The second-order valence-electron chi connectivity index (χ2n) is 6.85. The molecule has 5 nitrogen and oxygen atoms in total. The summed E-state index contributed by atoms with van der Waals surface area (Å²) in [5, 5.41) is 12.6. The van der Waals surface area contributed by atoms with Gasteiger partial charge in [0.1, 0.15) is 0 Å². The Bertz CT molecular complexity index is 740. The summed E-state index contributed by atoms with van der Waals surface area (Å²) in [4.78, 5) is 16.9. The second kappa shape index (κ2) is 7.32. The zero-order valence-corrected chi connectivity index (χ0v) is 15.8. The Morgan fingerprint density at radius 1 is 1.24 bits per heavy atom. The van der Waals surface area contributed by atoms with E-state index in [1.807, 2.05) is 36.6 Å². The van der Waals surface area contributed by atoms with Crippen LogP contribution in [-0.2, 0) is 4.79 Å². The maximum absolute atomic E-state index is 12.5. The summed E-state index contributed by atoms with van der Waals surface area (Å²) in [6.45, 7) is 4.06. The van der Waals surface area contributed by atoms with Crippen LogP contribution in [-0.4, -0.2) is 24.0 Å². The van der Waals surface area contributed by atoms with E-state index in [9.17, 15) is 4.79 Å². The van der Waals surface area contributed by atoms with Crippen LogP contribution in [0, 0.1) is 18.3 Å². The van der Waals surface area contributed by atoms with Crippen molar-refractivity contribution in [1.29, 1.82) is 0 Å². The highest BCUT2D eigenvalue weighted by molar-refractivity contribution is 7.13. The lowest BCUT2D eigenvalue weighted by Crippen LogP contribution is -2.31. The van der Waals surface area contributed by atoms with E-state index < -0.39 is 0 Å². The topological polar surface area (TPSA) is 66.0 Å². The minimum Gasteiger partial charge on any atom is -0.332 e. The van der Waals surface area contributed by atoms with Gasteiger partial charge in [-0.15, -0.1) is 23.7 Å². The highest BCUT2D eigenvalue weighted by Crippen LogP contribution is 2.58. The van der Waals surface area contributed by atoms with Crippen molar-refractivity contribution in [3.05, 3.63) is 35.3 Å². The molecule has 1 aromatic carbocycles. The average molecular weight is 379 g/mol. The monoisotopic (exact) mass is 378 g/mol. The molecule has 1 aliphatic carbocycles.